The first-order chi connectivity index (χ1) is 14.6. The number of benzene rings is 1. The van der Waals surface area contributed by atoms with Crippen LogP contribution in [0.2, 0.25) is 0 Å². The van der Waals surface area contributed by atoms with Crippen molar-refractivity contribution in [1.82, 2.24) is 10.2 Å². The van der Waals surface area contributed by atoms with Gasteiger partial charge in [-0.3, -0.25) is 4.99 Å². The molecule has 1 atom stereocenters. The van der Waals surface area contributed by atoms with Crippen molar-refractivity contribution >= 4 is 16.9 Å². The lowest BCUT2D eigenvalue weighted by Gasteiger charge is -2.35. The van der Waals surface area contributed by atoms with Crippen LogP contribution in [-0.4, -0.2) is 56.4 Å². The summed E-state index contributed by atoms with van der Waals surface area (Å²) in [5.41, 5.74) is 1.67. The number of guanidine groups is 1. The van der Waals surface area contributed by atoms with Gasteiger partial charge in [0.25, 0.3) is 0 Å². The smallest absolute Gasteiger partial charge is 0.194 e. The maximum absolute atomic E-state index is 13.5. The molecule has 1 N–H and O–H groups in total. The molecule has 2 aliphatic rings. The van der Waals surface area contributed by atoms with Crippen molar-refractivity contribution in [1.29, 1.82) is 0 Å². The Morgan fingerprint density at radius 1 is 1.27 bits per heavy atom. The molecule has 2 saturated heterocycles. The fraction of sp³-hybridized carbons (Fsp3) is 0.609. The lowest BCUT2D eigenvalue weighted by molar-refractivity contribution is -0.0721. The summed E-state index contributed by atoms with van der Waals surface area (Å²) in [5, 5.41) is 4.22. The first-order valence-electron chi connectivity index (χ1n) is 11.0. The Bertz CT molecular complexity index is 868. The summed E-state index contributed by atoms with van der Waals surface area (Å²) < 4.78 is 31.3. The van der Waals surface area contributed by atoms with E-state index in [-0.39, 0.29) is 18.0 Å². The van der Waals surface area contributed by atoms with Gasteiger partial charge in [-0.15, -0.1) is 0 Å². The number of halogens is 1. The Morgan fingerprint density at radius 3 is 2.83 bits per heavy atom. The van der Waals surface area contributed by atoms with Crippen LogP contribution in [0.3, 0.4) is 0 Å². The van der Waals surface area contributed by atoms with Crippen molar-refractivity contribution in [2.45, 2.75) is 57.8 Å². The molecule has 1 aromatic carbocycles. The highest BCUT2D eigenvalue weighted by molar-refractivity contribution is 5.83. The van der Waals surface area contributed by atoms with Gasteiger partial charge in [-0.25, -0.2) is 4.39 Å². The molecule has 7 heteroatoms. The van der Waals surface area contributed by atoms with Gasteiger partial charge in [0.2, 0.25) is 0 Å². The van der Waals surface area contributed by atoms with Crippen LogP contribution in [0.25, 0.3) is 11.0 Å². The average Bonchev–Trinajstić information content (AvgIpc) is 3.09. The molecule has 1 unspecified atom stereocenters. The number of ether oxygens (including phenoxy) is 2. The molecule has 4 rings (SSSR count). The summed E-state index contributed by atoms with van der Waals surface area (Å²) in [6.45, 7) is 5.87. The third-order valence-corrected chi connectivity index (χ3v) is 6.15. The number of hydrogen-bond acceptors (Lipinski definition) is 4. The number of aliphatic imine (C=N–C) groups is 1. The zero-order valence-electron chi connectivity index (χ0n) is 18.0. The van der Waals surface area contributed by atoms with Gasteiger partial charge in [-0.05, 0) is 57.2 Å². The molecule has 3 heterocycles. The summed E-state index contributed by atoms with van der Waals surface area (Å²) in [4.78, 5) is 6.70. The summed E-state index contributed by atoms with van der Waals surface area (Å²) in [5.74, 6) is 1.42. The number of rotatable bonds is 5. The van der Waals surface area contributed by atoms with Crippen molar-refractivity contribution in [3.8, 4) is 0 Å². The number of nitrogens with one attached hydrogen (secondary N) is 1. The Balaban J connectivity index is 1.26. The first kappa shape index (κ1) is 21.1. The topological polar surface area (TPSA) is 59.2 Å². The third kappa shape index (κ3) is 4.95. The molecule has 6 nitrogen and oxygen atoms in total. The van der Waals surface area contributed by atoms with Gasteiger partial charge in [-0.1, -0.05) is 0 Å². The quantitative estimate of drug-likeness (QED) is 0.589. The Morgan fingerprint density at radius 2 is 2.10 bits per heavy atom. The molecule has 2 fully saturated rings. The molecule has 0 radical (unpaired) electrons. The van der Waals surface area contributed by atoms with E-state index < -0.39 is 0 Å². The highest BCUT2D eigenvalue weighted by atomic mass is 19.1. The van der Waals surface area contributed by atoms with E-state index >= 15 is 0 Å². The number of likely N-dealkylation sites (tertiary alicyclic amines) is 1. The molecule has 2 aromatic rings. The van der Waals surface area contributed by atoms with Crippen LogP contribution in [-0.2, 0) is 16.0 Å². The molecule has 30 heavy (non-hydrogen) atoms. The van der Waals surface area contributed by atoms with Crippen LogP contribution >= 0.6 is 0 Å². The highest BCUT2D eigenvalue weighted by Crippen LogP contribution is 2.26. The fourth-order valence-electron chi connectivity index (χ4n) is 4.32. The van der Waals surface area contributed by atoms with E-state index in [1.54, 1.807) is 13.1 Å². The molecule has 0 aliphatic carbocycles. The lowest BCUT2D eigenvalue weighted by atomic mass is 10.1. The summed E-state index contributed by atoms with van der Waals surface area (Å²) in [6.07, 6.45) is 6.05. The van der Waals surface area contributed by atoms with Crippen molar-refractivity contribution < 1.29 is 18.3 Å². The van der Waals surface area contributed by atoms with E-state index in [1.807, 2.05) is 6.92 Å². The highest BCUT2D eigenvalue weighted by Gasteiger charge is 2.24. The standard InChI is InChI=1S/C23H32FN3O3/c1-16-20-13-17(24)6-7-21(20)30-22(16)14-26-23(25-2)27-10-8-18(9-11-27)29-15-19-5-3-4-12-28-19/h6-7,13,18-19H,3-5,8-12,14-15H2,1-2H3,(H,25,26). The summed E-state index contributed by atoms with van der Waals surface area (Å²) in [7, 11) is 1.80. The van der Waals surface area contributed by atoms with Crippen LogP contribution in [0.4, 0.5) is 4.39 Å². The second-order valence-electron chi connectivity index (χ2n) is 8.20. The van der Waals surface area contributed by atoms with Crippen LogP contribution in [0, 0.1) is 12.7 Å². The second-order valence-corrected chi connectivity index (χ2v) is 8.20. The van der Waals surface area contributed by atoms with Crippen molar-refractivity contribution in [3.05, 3.63) is 35.3 Å². The SMILES string of the molecule is CN=C(NCc1oc2ccc(F)cc2c1C)N1CCC(OCC2CCCCO2)CC1. The van der Waals surface area contributed by atoms with Crippen molar-refractivity contribution in [3.63, 3.8) is 0 Å². The van der Waals surface area contributed by atoms with E-state index in [0.29, 0.717) is 18.7 Å². The van der Waals surface area contributed by atoms with Crippen molar-refractivity contribution in [2.75, 3.05) is 33.4 Å². The van der Waals surface area contributed by atoms with Crippen molar-refractivity contribution in [2.24, 2.45) is 4.99 Å². The molecule has 1 aromatic heterocycles. The molecule has 2 aliphatic heterocycles. The number of hydrogen-bond donors (Lipinski definition) is 1. The van der Waals surface area contributed by atoms with E-state index in [1.165, 1.54) is 25.0 Å². The largest absolute Gasteiger partial charge is 0.459 e. The number of furan rings is 1. The minimum atomic E-state index is -0.248. The minimum Gasteiger partial charge on any atom is -0.459 e. The molecule has 164 valence electrons. The van der Waals surface area contributed by atoms with Gasteiger partial charge in [0.15, 0.2) is 5.96 Å². The van der Waals surface area contributed by atoms with Gasteiger partial charge >= 0.3 is 0 Å². The number of nitrogens with zero attached hydrogens (tertiary/aromatic N) is 2. The van der Waals surface area contributed by atoms with Gasteiger partial charge in [0.1, 0.15) is 17.2 Å². The molecular formula is C23H32FN3O3. The minimum absolute atomic E-state index is 0.248. The second kappa shape index (κ2) is 9.79. The fourth-order valence-corrected chi connectivity index (χ4v) is 4.32. The first-order valence-corrected chi connectivity index (χ1v) is 11.0. The summed E-state index contributed by atoms with van der Waals surface area (Å²) >= 11 is 0. The Kier molecular flexibility index (Phi) is 6.89. The summed E-state index contributed by atoms with van der Waals surface area (Å²) in [6, 6.07) is 4.63. The predicted octanol–water partition coefficient (Wildman–Crippen LogP) is 4.01. The van der Waals surface area contributed by atoms with Gasteiger partial charge < -0.3 is 24.1 Å². The zero-order valence-corrected chi connectivity index (χ0v) is 18.0. The molecule has 0 saturated carbocycles. The van der Waals surface area contributed by atoms with E-state index in [2.05, 4.69) is 15.2 Å². The van der Waals surface area contributed by atoms with Crippen LogP contribution in [0.1, 0.15) is 43.4 Å². The average molecular weight is 418 g/mol. The predicted molar refractivity (Wildman–Crippen MR) is 115 cm³/mol. The number of piperidine rings is 1. The molecule has 0 amide bonds. The van der Waals surface area contributed by atoms with Crippen LogP contribution in [0.15, 0.2) is 27.6 Å². The Hall–Kier alpha value is -2.12. The van der Waals surface area contributed by atoms with E-state index in [0.717, 1.165) is 61.6 Å². The maximum atomic E-state index is 13.5. The van der Waals surface area contributed by atoms with Crippen LogP contribution in [0.5, 0.6) is 0 Å². The molecule has 0 bridgehead atoms. The lowest BCUT2D eigenvalue weighted by Crippen LogP contribution is -2.47. The number of fused-ring (bicyclic) bond motifs is 1. The zero-order chi connectivity index (χ0) is 20.9. The third-order valence-electron chi connectivity index (χ3n) is 6.15. The monoisotopic (exact) mass is 417 g/mol. The molecular weight excluding hydrogens is 385 g/mol. The molecule has 0 spiro atoms. The maximum Gasteiger partial charge on any atom is 0.194 e. The normalized spacial score (nSPS) is 21.4. The van der Waals surface area contributed by atoms with Gasteiger partial charge in [-0.2, -0.15) is 0 Å². The van der Waals surface area contributed by atoms with Gasteiger partial charge in [0.05, 0.1) is 25.4 Å². The van der Waals surface area contributed by atoms with E-state index in [9.17, 15) is 4.39 Å². The van der Waals surface area contributed by atoms with E-state index in [4.69, 9.17) is 13.9 Å². The van der Waals surface area contributed by atoms with Gasteiger partial charge in [0, 0.05) is 37.7 Å². The Labute approximate surface area is 177 Å². The number of aryl methyl sites for hydroxylation is 1. The van der Waals surface area contributed by atoms with Crippen LogP contribution < -0.4 is 5.32 Å².